The summed E-state index contributed by atoms with van der Waals surface area (Å²) in [4.78, 5) is 90.6. The Balaban J connectivity index is 1.55. The first kappa shape index (κ1) is 44.0. The zero-order valence-electron chi connectivity index (χ0n) is 33.2. The van der Waals surface area contributed by atoms with Gasteiger partial charge in [0.2, 0.25) is 29.5 Å². The Bertz CT molecular complexity index is 1800. The van der Waals surface area contributed by atoms with Crippen molar-refractivity contribution in [2.45, 2.75) is 102 Å². The van der Waals surface area contributed by atoms with E-state index in [0.29, 0.717) is 30.5 Å². The maximum atomic E-state index is 14.4. The number of nitrogens with one attached hydrogen (secondary N) is 5. The first-order valence-corrected chi connectivity index (χ1v) is 19.4. The van der Waals surface area contributed by atoms with Crippen LogP contribution in [-0.4, -0.2) is 105 Å². The lowest BCUT2D eigenvalue weighted by atomic mass is 9.96. The van der Waals surface area contributed by atoms with Gasteiger partial charge < -0.3 is 46.7 Å². The smallest absolute Gasteiger partial charge is 0.328 e. The highest BCUT2D eigenvalue weighted by Gasteiger charge is 2.40. The van der Waals surface area contributed by atoms with Crippen LogP contribution in [0.25, 0.3) is 0 Å². The zero-order chi connectivity index (χ0) is 41.6. The molecule has 8 N–H and O–H groups in total. The van der Waals surface area contributed by atoms with Crippen molar-refractivity contribution in [2.75, 3.05) is 13.7 Å². The van der Waals surface area contributed by atoms with Crippen LogP contribution < -0.4 is 27.0 Å². The van der Waals surface area contributed by atoms with E-state index in [9.17, 15) is 33.9 Å². The number of imidazole rings is 1. The number of hydrogen-bond donors (Lipinski definition) is 7. The average molecular weight is 789 g/mol. The van der Waals surface area contributed by atoms with Gasteiger partial charge in [0.25, 0.3) is 0 Å². The molecule has 16 nitrogen and oxygen atoms in total. The topological polar surface area (TPSA) is 238 Å². The number of rotatable bonds is 19. The van der Waals surface area contributed by atoms with Crippen LogP contribution >= 0.6 is 0 Å². The summed E-state index contributed by atoms with van der Waals surface area (Å²) in [6, 6.07) is 9.10. The van der Waals surface area contributed by atoms with Crippen molar-refractivity contribution < 1.29 is 38.6 Å². The number of aromatic nitrogens is 2. The van der Waals surface area contributed by atoms with Crippen molar-refractivity contribution >= 4 is 35.5 Å². The Kier molecular flexibility index (Phi) is 16.2. The molecule has 57 heavy (non-hydrogen) atoms. The third-order valence-electron chi connectivity index (χ3n) is 10.3. The molecular weight excluding hydrogens is 732 g/mol. The quantitative estimate of drug-likeness (QED) is 0.0860. The number of carbonyl (C=O) groups excluding carboxylic acids is 6. The lowest BCUT2D eigenvalue weighted by Crippen LogP contribution is -2.61. The molecule has 1 aromatic heterocycles. The number of nitrogens with zero attached hydrogens (tertiary/aromatic N) is 2. The molecule has 1 fully saturated rings. The first-order valence-electron chi connectivity index (χ1n) is 19.4. The lowest BCUT2D eigenvalue weighted by molar-refractivity contribution is -0.147. The van der Waals surface area contributed by atoms with Crippen molar-refractivity contribution in [3.8, 4) is 5.75 Å². The molecule has 0 unspecified atom stereocenters. The summed E-state index contributed by atoms with van der Waals surface area (Å²) in [5.74, 6) is -4.09. The Morgan fingerprint density at radius 2 is 1.51 bits per heavy atom. The Morgan fingerprint density at radius 3 is 2.12 bits per heavy atom. The second kappa shape index (κ2) is 20.9. The van der Waals surface area contributed by atoms with Crippen LogP contribution in [0.15, 0.2) is 67.1 Å². The van der Waals surface area contributed by atoms with Gasteiger partial charge in [-0.25, -0.2) is 9.78 Å². The monoisotopic (exact) mass is 788 g/mol. The molecule has 2 heterocycles. The van der Waals surface area contributed by atoms with E-state index < -0.39 is 77.7 Å². The summed E-state index contributed by atoms with van der Waals surface area (Å²) in [5, 5.41) is 21.0. The van der Waals surface area contributed by atoms with E-state index in [-0.39, 0.29) is 37.5 Å². The number of nitrogens with two attached hydrogens (primary N) is 1. The molecular formula is C41H56N8O8. The fourth-order valence-corrected chi connectivity index (χ4v) is 6.64. The molecule has 5 amide bonds. The molecule has 1 aliphatic heterocycles. The largest absolute Gasteiger partial charge is 0.508 e. The number of carbonyl (C=O) groups is 6. The van der Waals surface area contributed by atoms with Crippen molar-refractivity contribution in [1.29, 1.82) is 0 Å². The number of hydrogen-bond acceptors (Lipinski definition) is 10. The number of ether oxygens (including phenoxy) is 1. The number of benzene rings is 2. The number of esters is 1. The van der Waals surface area contributed by atoms with Gasteiger partial charge in [0, 0.05) is 37.7 Å². The van der Waals surface area contributed by atoms with Crippen LogP contribution in [0, 0.1) is 11.8 Å². The number of phenolic OH excluding ortho intramolecular Hbond substituents is 1. The van der Waals surface area contributed by atoms with E-state index in [1.54, 1.807) is 32.9 Å². The molecule has 0 spiro atoms. The van der Waals surface area contributed by atoms with Crippen LogP contribution in [0.3, 0.4) is 0 Å². The molecule has 0 saturated carbocycles. The molecule has 308 valence electrons. The van der Waals surface area contributed by atoms with Crippen molar-refractivity contribution in [3.05, 3.63) is 83.9 Å². The molecule has 1 saturated heterocycles. The fourth-order valence-electron chi connectivity index (χ4n) is 6.64. The number of aromatic amines is 1. The van der Waals surface area contributed by atoms with Crippen LogP contribution in [0.2, 0.25) is 0 Å². The van der Waals surface area contributed by atoms with Crippen LogP contribution in [0.1, 0.15) is 63.8 Å². The molecule has 7 atom stereocenters. The number of likely N-dealkylation sites (tertiary alicyclic amines) is 1. The van der Waals surface area contributed by atoms with Gasteiger partial charge in [-0.05, 0) is 47.9 Å². The van der Waals surface area contributed by atoms with E-state index in [1.165, 1.54) is 36.7 Å². The Hall–Kier alpha value is -5.77. The van der Waals surface area contributed by atoms with Gasteiger partial charge in [0.1, 0.15) is 36.0 Å². The molecule has 0 bridgehead atoms. The fraction of sp³-hybridized carbons (Fsp3) is 0.488. The standard InChI is InChI=1S/C41H56N8O8/c1-6-25(4)35(48-36(51)30(45-38(53)34(42)24(2)3)19-27-14-16-29(50)17-15-27)39(54)46-31(21-28-22-43-23-44-28)40(55)49-18-10-13-33(49)37(52)47-32(41(56)57-5)20-26-11-8-7-9-12-26/h7-9,11-12,14-17,22-25,30-35,50H,6,10,13,18-21,42H2,1-5H3,(H,43,44)(H,45,53)(H,46,54)(H,47,52)(H,48,51)/t25-,30-,31+,32+,33-,34-,35-/m1/s1. The van der Waals surface area contributed by atoms with Crippen LogP contribution in [-0.2, 0) is 52.8 Å². The second-order valence-electron chi connectivity index (χ2n) is 14.9. The minimum Gasteiger partial charge on any atom is -0.508 e. The molecule has 1 aliphatic rings. The number of phenols is 1. The Morgan fingerprint density at radius 1 is 0.860 bits per heavy atom. The Labute approximate surface area is 333 Å². The van der Waals surface area contributed by atoms with E-state index >= 15 is 0 Å². The number of amides is 5. The SMILES string of the molecule is CC[C@@H](C)[C@@H](NC(=O)[C@@H](Cc1ccc(O)cc1)NC(=O)[C@H](N)C(C)C)C(=O)N[C@@H](Cc1cnc[nH]1)C(=O)N1CCC[C@@H]1C(=O)N[C@@H](Cc1ccccc1)C(=O)OC. The first-order chi connectivity index (χ1) is 27.2. The highest BCUT2D eigenvalue weighted by atomic mass is 16.5. The van der Waals surface area contributed by atoms with Gasteiger partial charge in [0.15, 0.2) is 0 Å². The van der Waals surface area contributed by atoms with E-state index in [2.05, 4.69) is 31.2 Å². The minimum absolute atomic E-state index is 0.00199. The summed E-state index contributed by atoms with van der Waals surface area (Å²) in [5.41, 5.74) is 8.10. The van der Waals surface area contributed by atoms with E-state index in [1.807, 2.05) is 37.3 Å². The number of methoxy groups -OCH3 is 1. The highest BCUT2D eigenvalue weighted by Crippen LogP contribution is 2.21. The van der Waals surface area contributed by atoms with E-state index in [4.69, 9.17) is 10.5 Å². The normalized spacial score (nSPS) is 17.0. The minimum atomic E-state index is -1.17. The molecule has 3 aromatic rings. The van der Waals surface area contributed by atoms with Gasteiger partial charge in [-0.3, -0.25) is 24.0 Å². The molecule has 0 aliphatic carbocycles. The third kappa shape index (κ3) is 12.4. The third-order valence-corrected chi connectivity index (χ3v) is 10.3. The molecule has 2 aromatic carbocycles. The van der Waals surface area contributed by atoms with Crippen molar-refractivity contribution in [2.24, 2.45) is 17.6 Å². The van der Waals surface area contributed by atoms with Gasteiger partial charge in [-0.1, -0.05) is 76.6 Å². The van der Waals surface area contributed by atoms with Crippen molar-refractivity contribution in [1.82, 2.24) is 36.1 Å². The molecule has 0 radical (unpaired) electrons. The summed E-state index contributed by atoms with van der Waals surface area (Å²) >= 11 is 0. The second-order valence-corrected chi connectivity index (χ2v) is 14.9. The van der Waals surface area contributed by atoms with Gasteiger partial charge >= 0.3 is 5.97 Å². The highest BCUT2D eigenvalue weighted by molar-refractivity contribution is 5.97. The predicted octanol–water partition coefficient (Wildman–Crippen LogP) is 1.28. The summed E-state index contributed by atoms with van der Waals surface area (Å²) in [6.45, 7) is 7.44. The summed E-state index contributed by atoms with van der Waals surface area (Å²) in [6.07, 6.45) is 4.52. The number of aromatic hydroxyl groups is 1. The summed E-state index contributed by atoms with van der Waals surface area (Å²) in [7, 11) is 1.24. The van der Waals surface area contributed by atoms with Gasteiger partial charge in [-0.2, -0.15) is 0 Å². The number of H-pyrrole nitrogens is 1. The van der Waals surface area contributed by atoms with Crippen LogP contribution in [0.5, 0.6) is 5.75 Å². The zero-order valence-corrected chi connectivity index (χ0v) is 33.2. The maximum absolute atomic E-state index is 14.4. The predicted molar refractivity (Wildman–Crippen MR) is 211 cm³/mol. The van der Waals surface area contributed by atoms with E-state index in [0.717, 1.165) is 5.56 Å². The summed E-state index contributed by atoms with van der Waals surface area (Å²) < 4.78 is 4.97. The van der Waals surface area contributed by atoms with Crippen molar-refractivity contribution in [3.63, 3.8) is 0 Å². The molecule has 4 rings (SSSR count). The molecule has 16 heteroatoms. The van der Waals surface area contributed by atoms with Crippen LogP contribution in [0.4, 0.5) is 0 Å². The maximum Gasteiger partial charge on any atom is 0.328 e. The van der Waals surface area contributed by atoms with Gasteiger partial charge in [0.05, 0.1) is 19.5 Å². The lowest BCUT2D eigenvalue weighted by Gasteiger charge is -2.32. The van der Waals surface area contributed by atoms with Gasteiger partial charge in [-0.15, -0.1) is 0 Å². The average Bonchev–Trinajstić information content (AvgIpc) is 3.92.